The van der Waals surface area contributed by atoms with Gasteiger partial charge in [-0.05, 0) is 18.2 Å². The molecule has 0 radical (unpaired) electrons. The maximum atomic E-state index is 11.7. The Bertz CT molecular complexity index is 536. The lowest BCUT2D eigenvalue weighted by Gasteiger charge is -2.02. The number of nitrogens with one attached hydrogen (secondary N) is 1. The topological polar surface area (TPSA) is 88.2 Å². The van der Waals surface area contributed by atoms with Gasteiger partial charge in [-0.3, -0.25) is 4.79 Å². The highest BCUT2D eigenvalue weighted by Crippen LogP contribution is 2.10. The van der Waals surface area contributed by atoms with Crippen molar-refractivity contribution < 1.29 is 14.4 Å². The second kappa shape index (κ2) is 4.65. The zero-order valence-corrected chi connectivity index (χ0v) is 9.17. The molecule has 0 spiro atoms. The summed E-state index contributed by atoms with van der Waals surface area (Å²) in [5, 5.41) is 15.5. The Morgan fingerprint density at radius 3 is 3.00 bits per heavy atom. The summed E-state index contributed by atoms with van der Waals surface area (Å²) in [6.07, 6.45) is 0. The predicted molar refractivity (Wildman–Crippen MR) is 58.3 cm³/mol. The van der Waals surface area contributed by atoms with Gasteiger partial charge in [0, 0.05) is 12.5 Å². The number of aromatic hydroxyl groups is 1. The van der Waals surface area contributed by atoms with Gasteiger partial charge >= 0.3 is 0 Å². The van der Waals surface area contributed by atoms with Crippen LogP contribution in [0.1, 0.15) is 22.1 Å². The minimum Gasteiger partial charge on any atom is -0.508 e. The van der Waals surface area contributed by atoms with E-state index >= 15 is 0 Å². The molecule has 0 aliphatic heterocycles. The highest BCUT2D eigenvalue weighted by molar-refractivity contribution is 5.94. The lowest BCUT2D eigenvalue weighted by Crippen LogP contribution is -2.23. The van der Waals surface area contributed by atoms with Gasteiger partial charge in [0.1, 0.15) is 5.75 Å². The van der Waals surface area contributed by atoms with Crippen LogP contribution < -0.4 is 5.32 Å². The lowest BCUT2D eigenvalue weighted by molar-refractivity contribution is 0.0949. The highest BCUT2D eigenvalue weighted by atomic mass is 16.5. The molecule has 1 amide bonds. The highest BCUT2D eigenvalue weighted by Gasteiger charge is 2.08. The van der Waals surface area contributed by atoms with Gasteiger partial charge in [-0.2, -0.15) is 4.98 Å². The summed E-state index contributed by atoms with van der Waals surface area (Å²) in [5.41, 5.74) is 0.380. The summed E-state index contributed by atoms with van der Waals surface area (Å²) in [7, 11) is 0. The maximum Gasteiger partial charge on any atom is 0.251 e. The number of benzene rings is 1. The van der Waals surface area contributed by atoms with Crippen molar-refractivity contribution in [3.63, 3.8) is 0 Å². The molecule has 6 nitrogen and oxygen atoms in total. The Labute approximate surface area is 97.3 Å². The zero-order valence-electron chi connectivity index (χ0n) is 9.17. The molecule has 0 atom stereocenters. The largest absolute Gasteiger partial charge is 0.508 e. The molecule has 0 saturated carbocycles. The first kappa shape index (κ1) is 11.1. The van der Waals surface area contributed by atoms with Crippen molar-refractivity contribution in [2.24, 2.45) is 0 Å². The SMILES string of the molecule is Cc1nc(CNC(=O)c2cccc(O)c2)no1. The number of aryl methyl sites for hydroxylation is 1. The fourth-order valence-electron chi connectivity index (χ4n) is 1.32. The second-order valence-electron chi connectivity index (χ2n) is 3.46. The molecule has 0 bridgehead atoms. The number of carbonyl (C=O) groups excluding carboxylic acids is 1. The van der Waals surface area contributed by atoms with E-state index in [4.69, 9.17) is 4.52 Å². The Morgan fingerprint density at radius 2 is 2.35 bits per heavy atom. The van der Waals surface area contributed by atoms with Crippen LogP contribution in [-0.4, -0.2) is 21.2 Å². The summed E-state index contributed by atoms with van der Waals surface area (Å²) in [6, 6.07) is 6.09. The normalized spacial score (nSPS) is 10.2. The van der Waals surface area contributed by atoms with E-state index in [0.717, 1.165) is 0 Å². The maximum absolute atomic E-state index is 11.7. The first-order chi connectivity index (χ1) is 8.15. The van der Waals surface area contributed by atoms with E-state index in [2.05, 4.69) is 15.5 Å². The van der Waals surface area contributed by atoms with E-state index < -0.39 is 0 Å². The van der Waals surface area contributed by atoms with Crippen molar-refractivity contribution in [1.82, 2.24) is 15.5 Å². The van der Waals surface area contributed by atoms with Gasteiger partial charge in [-0.25, -0.2) is 0 Å². The number of carbonyl (C=O) groups is 1. The Morgan fingerprint density at radius 1 is 1.53 bits per heavy atom. The van der Waals surface area contributed by atoms with Gasteiger partial charge in [0.15, 0.2) is 5.82 Å². The van der Waals surface area contributed by atoms with Crippen molar-refractivity contribution in [3.05, 3.63) is 41.5 Å². The van der Waals surface area contributed by atoms with E-state index in [9.17, 15) is 9.90 Å². The molecule has 6 heteroatoms. The lowest BCUT2D eigenvalue weighted by atomic mass is 10.2. The number of hydrogen-bond acceptors (Lipinski definition) is 5. The fourth-order valence-corrected chi connectivity index (χ4v) is 1.32. The number of aromatic nitrogens is 2. The molecule has 2 N–H and O–H groups in total. The summed E-state index contributed by atoms with van der Waals surface area (Å²) in [5.74, 6) is 0.610. The zero-order chi connectivity index (χ0) is 12.3. The van der Waals surface area contributed by atoms with Crippen molar-refractivity contribution in [2.45, 2.75) is 13.5 Å². The van der Waals surface area contributed by atoms with Gasteiger partial charge in [0.2, 0.25) is 5.89 Å². The van der Waals surface area contributed by atoms with Crippen LogP contribution in [0.15, 0.2) is 28.8 Å². The van der Waals surface area contributed by atoms with E-state index in [0.29, 0.717) is 17.3 Å². The van der Waals surface area contributed by atoms with Crippen molar-refractivity contribution in [3.8, 4) is 5.75 Å². The molecule has 0 aliphatic carbocycles. The molecule has 1 aromatic carbocycles. The molecule has 1 heterocycles. The molecule has 2 rings (SSSR count). The molecule has 0 saturated heterocycles. The third kappa shape index (κ3) is 2.81. The Kier molecular flexibility index (Phi) is 3.04. The van der Waals surface area contributed by atoms with Crippen LogP contribution in [0, 0.1) is 6.92 Å². The summed E-state index contributed by atoms with van der Waals surface area (Å²) in [6.45, 7) is 1.86. The number of nitrogens with zero attached hydrogens (tertiary/aromatic N) is 2. The summed E-state index contributed by atoms with van der Waals surface area (Å²) in [4.78, 5) is 15.6. The van der Waals surface area contributed by atoms with Crippen molar-refractivity contribution in [1.29, 1.82) is 0 Å². The van der Waals surface area contributed by atoms with Crippen molar-refractivity contribution in [2.75, 3.05) is 0 Å². The fraction of sp³-hybridized carbons (Fsp3) is 0.182. The molecular weight excluding hydrogens is 222 g/mol. The second-order valence-corrected chi connectivity index (χ2v) is 3.46. The number of rotatable bonds is 3. The molecule has 88 valence electrons. The molecular formula is C11H11N3O3. The number of hydrogen-bond donors (Lipinski definition) is 2. The van der Waals surface area contributed by atoms with Gasteiger partial charge < -0.3 is 14.9 Å². The van der Waals surface area contributed by atoms with Crippen LogP contribution in [0.3, 0.4) is 0 Å². The molecule has 0 fully saturated rings. The van der Waals surface area contributed by atoms with Crippen LogP contribution in [0.5, 0.6) is 5.75 Å². The Hall–Kier alpha value is -2.37. The predicted octanol–water partition coefficient (Wildman–Crippen LogP) is 1.01. The number of amides is 1. The minimum atomic E-state index is -0.302. The van der Waals surface area contributed by atoms with Crippen LogP contribution in [-0.2, 0) is 6.54 Å². The average molecular weight is 233 g/mol. The molecule has 0 unspecified atom stereocenters. The van der Waals surface area contributed by atoms with Crippen LogP contribution in [0.25, 0.3) is 0 Å². The number of phenols is 1. The van der Waals surface area contributed by atoms with E-state index in [1.54, 1.807) is 19.1 Å². The monoisotopic (exact) mass is 233 g/mol. The van der Waals surface area contributed by atoms with Crippen molar-refractivity contribution >= 4 is 5.91 Å². The molecule has 0 aliphatic rings. The van der Waals surface area contributed by atoms with Gasteiger partial charge in [0.25, 0.3) is 5.91 Å². The van der Waals surface area contributed by atoms with E-state index in [1.165, 1.54) is 12.1 Å². The Balaban J connectivity index is 1.98. The van der Waals surface area contributed by atoms with E-state index in [1.807, 2.05) is 0 Å². The summed E-state index contributed by atoms with van der Waals surface area (Å²) >= 11 is 0. The molecule has 1 aromatic heterocycles. The first-order valence-corrected chi connectivity index (χ1v) is 5.01. The smallest absolute Gasteiger partial charge is 0.251 e. The third-order valence-electron chi connectivity index (χ3n) is 2.09. The standard InChI is InChI=1S/C11H11N3O3/c1-7-13-10(14-17-7)6-12-11(16)8-3-2-4-9(15)5-8/h2-5,15H,6H2,1H3,(H,12,16). The van der Waals surface area contributed by atoms with Gasteiger partial charge in [-0.15, -0.1) is 0 Å². The molecule has 2 aromatic rings. The van der Waals surface area contributed by atoms with Crippen LogP contribution in [0.4, 0.5) is 0 Å². The molecule has 17 heavy (non-hydrogen) atoms. The summed E-state index contributed by atoms with van der Waals surface area (Å²) < 4.78 is 4.77. The average Bonchev–Trinajstić information content (AvgIpc) is 2.72. The van der Waals surface area contributed by atoms with Gasteiger partial charge in [0.05, 0.1) is 6.54 Å². The quantitative estimate of drug-likeness (QED) is 0.826. The van der Waals surface area contributed by atoms with Crippen LogP contribution in [0.2, 0.25) is 0 Å². The first-order valence-electron chi connectivity index (χ1n) is 5.01. The van der Waals surface area contributed by atoms with Crippen LogP contribution >= 0.6 is 0 Å². The third-order valence-corrected chi connectivity index (χ3v) is 2.09. The minimum absolute atomic E-state index is 0.0491. The van der Waals surface area contributed by atoms with Gasteiger partial charge in [-0.1, -0.05) is 11.2 Å². The van der Waals surface area contributed by atoms with E-state index in [-0.39, 0.29) is 18.2 Å². The number of phenolic OH excluding ortho intramolecular Hbond substituents is 1.